The molecular weight excluding hydrogens is 314 g/mol. The van der Waals surface area contributed by atoms with Crippen molar-refractivity contribution in [2.45, 2.75) is 25.8 Å². The highest BCUT2D eigenvalue weighted by atomic mass is 35.5. The number of carboxylic acids is 1. The number of carboxylic acid groups (broad SMARTS) is 1. The van der Waals surface area contributed by atoms with Crippen LogP contribution in [0.1, 0.15) is 30.8 Å². The number of nitrogens with one attached hydrogen (secondary N) is 1. The molecule has 8 heteroatoms. The number of hydrogen-bond acceptors (Lipinski definition) is 3. The average Bonchev–Trinajstić information content (AvgIpc) is 2.23. The van der Waals surface area contributed by atoms with E-state index in [0.29, 0.717) is 0 Å². The van der Waals surface area contributed by atoms with E-state index < -0.39 is 17.4 Å². The number of carbonyl (C=O) groups excluding carboxylic acids is 1. The Morgan fingerprint density at radius 1 is 1.32 bits per heavy atom. The first-order chi connectivity index (χ1) is 8.64. The van der Waals surface area contributed by atoms with E-state index in [0.717, 1.165) is 0 Å². The van der Waals surface area contributed by atoms with E-state index in [1.165, 1.54) is 6.20 Å². The molecule has 1 amide bonds. The van der Waals surface area contributed by atoms with Gasteiger partial charge in [-0.2, -0.15) is 0 Å². The first-order valence-corrected chi connectivity index (χ1v) is 6.31. The van der Waals surface area contributed by atoms with E-state index in [-0.39, 0.29) is 27.2 Å². The molecule has 0 aliphatic heterocycles. The molecule has 104 valence electrons. The molecule has 1 aromatic rings. The number of amides is 1. The third kappa shape index (κ3) is 4.23. The van der Waals surface area contributed by atoms with E-state index in [2.05, 4.69) is 10.3 Å². The lowest BCUT2D eigenvalue weighted by Crippen LogP contribution is -2.45. The van der Waals surface area contributed by atoms with Crippen LogP contribution in [0.4, 0.5) is 0 Å². The van der Waals surface area contributed by atoms with Gasteiger partial charge in [-0.05, 0) is 13.8 Å². The summed E-state index contributed by atoms with van der Waals surface area (Å²) in [5, 5.41) is 11.3. The lowest BCUT2D eigenvalue weighted by Gasteiger charge is -2.24. The first-order valence-electron chi connectivity index (χ1n) is 5.18. The zero-order valence-electron chi connectivity index (χ0n) is 10.1. The Balaban J connectivity index is 2.96. The number of halogens is 3. The van der Waals surface area contributed by atoms with Crippen LogP contribution < -0.4 is 5.32 Å². The molecule has 0 fully saturated rings. The van der Waals surface area contributed by atoms with Gasteiger partial charge in [-0.15, -0.1) is 0 Å². The van der Waals surface area contributed by atoms with E-state index >= 15 is 0 Å². The molecular formula is C11H11Cl3N2O3. The van der Waals surface area contributed by atoms with Crippen molar-refractivity contribution < 1.29 is 14.7 Å². The summed E-state index contributed by atoms with van der Waals surface area (Å²) >= 11 is 17.4. The van der Waals surface area contributed by atoms with Crippen LogP contribution in [-0.2, 0) is 4.79 Å². The molecule has 0 saturated carbocycles. The second-order valence-electron chi connectivity index (χ2n) is 4.49. The van der Waals surface area contributed by atoms with E-state index in [9.17, 15) is 9.59 Å². The Morgan fingerprint density at radius 2 is 1.89 bits per heavy atom. The first kappa shape index (κ1) is 16.0. The fourth-order valence-electron chi connectivity index (χ4n) is 1.39. The highest BCUT2D eigenvalue weighted by Crippen LogP contribution is 2.31. The molecule has 0 bridgehead atoms. The molecule has 0 spiro atoms. The molecule has 2 N–H and O–H groups in total. The fraction of sp³-hybridized carbons (Fsp3) is 0.364. The van der Waals surface area contributed by atoms with Crippen molar-refractivity contribution in [3.63, 3.8) is 0 Å². The minimum Gasteiger partial charge on any atom is -0.481 e. The molecule has 0 unspecified atom stereocenters. The van der Waals surface area contributed by atoms with Crippen LogP contribution in [-0.4, -0.2) is 27.5 Å². The van der Waals surface area contributed by atoms with Gasteiger partial charge in [0.1, 0.15) is 5.69 Å². The summed E-state index contributed by atoms with van der Waals surface area (Å²) in [6, 6.07) is 0. The summed E-state index contributed by atoms with van der Waals surface area (Å²) in [5.41, 5.74) is -1.05. The van der Waals surface area contributed by atoms with Crippen LogP contribution in [0.15, 0.2) is 6.20 Å². The van der Waals surface area contributed by atoms with Gasteiger partial charge >= 0.3 is 5.97 Å². The highest BCUT2D eigenvalue weighted by Gasteiger charge is 2.26. The van der Waals surface area contributed by atoms with Gasteiger partial charge in [0.05, 0.1) is 21.5 Å². The van der Waals surface area contributed by atoms with Crippen LogP contribution in [0.25, 0.3) is 0 Å². The van der Waals surface area contributed by atoms with Gasteiger partial charge in [0.2, 0.25) is 0 Å². The Kier molecular flexibility index (Phi) is 5.01. The van der Waals surface area contributed by atoms with Crippen molar-refractivity contribution in [2.75, 3.05) is 0 Å². The summed E-state index contributed by atoms with van der Waals surface area (Å²) in [7, 11) is 0. The average molecular weight is 326 g/mol. The summed E-state index contributed by atoms with van der Waals surface area (Å²) in [6.07, 6.45) is 0.965. The maximum Gasteiger partial charge on any atom is 0.305 e. The number of aromatic nitrogens is 1. The molecule has 0 atom stereocenters. The number of nitrogens with zero attached hydrogens (tertiary/aromatic N) is 1. The van der Waals surface area contributed by atoms with Gasteiger partial charge in [-0.3, -0.25) is 9.59 Å². The normalized spacial score (nSPS) is 11.2. The van der Waals surface area contributed by atoms with Gasteiger partial charge in [0.15, 0.2) is 0 Å². The Hall–Kier alpha value is -1.04. The van der Waals surface area contributed by atoms with Gasteiger partial charge in [-0.25, -0.2) is 4.98 Å². The smallest absolute Gasteiger partial charge is 0.305 e. The van der Waals surface area contributed by atoms with Crippen molar-refractivity contribution in [3.05, 3.63) is 27.0 Å². The van der Waals surface area contributed by atoms with Gasteiger partial charge in [0.25, 0.3) is 5.91 Å². The van der Waals surface area contributed by atoms with Crippen molar-refractivity contribution in [1.29, 1.82) is 0 Å². The molecule has 1 aromatic heterocycles. The largest absolute Gasteiger partial charge is 0.481 e. The summed E-state index contributed by atoms with van der Waals surface area (Å²) < 4.78 is 0. The molecule has 5 nitrogen and oxygen atoms in total. The standard InChI is InChI=1S/C11H11Cl3N2O3/c1-11(2,3-6(17)18)16-10(19)9-8(14)7(13)5(12)4-15-9/h4H,3H2,1-2H3,(H,16,19)(H,17,18). The summed E-state index contributed by atoms with van der Waals surface area (Å²) in [6.45, 7) is 3.15. The third-order valence-electron chi connectivity index (χ3n) is 2.18. The van der Waals surface area contributed by atoms with Crippen LogP contribution >= 0.6 is 34.8 Å². The molecule has 0 radical (unpaired) electrons. The Morgan fingerprint density at radius 3 is 2.42 bits per heavy atom. The zero-order chi connectivity index (χ0) is 14.8. The Bertz CT molecular complexity index is 532. The number of pyridine rings is 1. The zero-order valence-corrected chi connectivity index (χ0v) is 12.4. The highest BCUT2D eigenvalue weighted by molar-refractivity contribution is 6.48. The summed E-state index contributed by atoms with van der Waals surface area (Å²) in [4.78, 5) is 26.4. The van der Waals surface area contributed by atoms with Crippen LogP contribution in [0.3, 0.4) is 0 Å². The fourth-order valence-corrected chi connectivity index (χ4v) is 1.96. The maximum absolute atomic E-state index is 12.0. The quantitative estimate of drug-likeness (QED) is 0.892. The lowest BCUT2D eigenvalue weighted by atomic mass is 10.0. The summed E-state index contributed by atoms with van der Waals surface area (Å²) in [5.74, 6) is -1.65. The minimum absolute atomic E-state index is 0.0273. The van der Waals surface area contributed by atoms with Crippen LogP contribution in [0, 0.1) is 0 Å². The number of rotatable bonds is 4. The molecule has 19 heavy (non-hydrogen) atoms. The predicted octanol–water partition coefficient (Wildman–Crippen LogP) is 3.02. The third-order valence-corrected chi connectivity index (χ3v) is 3.42. The van der Waals surface area contributed by atoms with Gasteiger partial charge in [0, 0.05) is 11.7 Å². The molecule has 0 saturated heterocycles. The number of aliphatic carboxylic acids is 1. The second-order valence-corrected chi connectivity index (χ2v) is 5.65. The predicted molar refractivity (Wildman–Crippen MR) is 73.1 cm³/mol. The number of carbonyl (C=O) groups is 2. The van der Waals surface area contributed by atoms with E-state index in [1.807, 2.05) is 0 Å². The molecule has 0 aliphatic carbocycles. The van der Waals surface area contributed by atoms with Crippen molar-refractivity contribution in [3.8, 4) is 0 Å². The van der Waals surface area contributed by atoms with Crippen molar-refractivity contribution in [1.82, 2.24) is 10.3 Å². The lowest BCUT2D eigenvalue weighted by molar-refractivity contribution is -0.138. The minimum atomic E-state index is -1.03. The van der Waals surface area contributed by atoms with Crippen molar-refractivity contribution >= 4 is 46.7 Å². The van der Waals surface area contributed by atoms with Crippen LogP contribution in [0.5, 0.6) is 0 Å². The van der Waals surface area contributed by atoms with Crippen LogP contribution in [0.2, 0.25) is 15.1 Å². The van der Waals surface area contributed by atoms with E-state index in [4.69, 9.17) is 39.9 Å². The monoisotopic (exact) mass is 324 g/mol. The van der Waals surface area contributed by atoms with Crippen molar-refractivity contribution in [2.24, 2.45) is 0 Å². The Labute approximate surface area is 124 Å². The second kappa shape index (κ2) is 5.94. The molecule has 0 aliphatic rings. The van der Waals surface area contributed by atoms with Gasteiger partial charge in [-0.1, -0.05) is 34.8 Å². The molecule has 0 aromatic carbocycles. The molecule has 1 heterocycles. The number of hydrogen-bond donors (Lipinski definition) is 2. The SMILES string of the molecule is CC(C)(CC(=O)O)NC(=O)c1ncc(Cl)c(Cl)c1Cl. The molecule has 1 rings (SSSR count). The van der Waals surface area contributed by atoms with Gasteiger partial charge < -0.3 is 10.4 Å². The van der Waals surface area contributed by atoms with E-state index in [1.54, 1.807) is 13.8 Å². The maximum atomic E-state index is 12.0. The topological polar surface area (TPSA) is 79.3 Å².